The molecule has 0 aliphatic heterocycles. The van der Waals surface area contributed by atoms with E-state index in [4.69, 9.17) is 11.5 Å². The van der Waals surface area contributed by atoms with Crippen molar-refractivity contribution in [3.63, 3.8) is 0 Å². The molecule has 0 fully saturated rings. The maximum absolute atomic E-state index is 10.6. The molecule has 0 unspecified atom stereocenters. The van der Waals surface area contributed by atoms with Gasteiger partial charge < -0.3 is 10.4 Å². The molecule has 0 aromatic rings. The SMILES string of the molecule is C#CCN(CCNC(C)C)C(=O)O. The van der Waals surface area contributed by atoms with Crippen LogP contribution in [0.4, 0.5) is 4.79 Å². The highest BCUT2D eigenvalue weighted by Crippen LogP contribution is 1.87. The zero-order valence-electron chi connectivity index (χ0n) is 8.08. The lowest BCUT2D eigenvalue weighted by molar-refractivity contribution is 0.151. The van der Waals surface area contributed by atoms with E-state index in [1.54, 1.807) is 0 Å². The van der Waals surface area contributed by atoms with Gasteiger partial charge in [-0.25, -0.2) is 4.79 Å². The molecule has 0 heterocycles. The largest absolute Gasteiger partial charge is 0.465 e. The average molecular weight is 184 g/mol. The van der Waals surface area contributed by atoms with Gasteiger partial charge in [-0.05, 0) is 0 Å². The van der Waals surface area contributed by atoms with Crippen LogP contribution in [0, 0.1) is 12.3 Å². The van der Waals surface area contributed by atoms with E-state index in [9.17, 15) is 4.79 Å². The van der Waals surface area contributed by atoms with Gasteiger partial charge in [0.2, 0.25) is 0 Å². The van der Waals surface area contributed by atoms with E-state index in [1.165, 1.54) is 4.90 Å². The van der Waals surface area contributed by atoms with Crippen molar-refractivity contribution in [2.75, 3.05) is 19.6 Å². The Morgan fingerprint density at radius 3 is 2.69 bits per heavy atom. The van der Waals surface area contributed by atoms with E-state index in [-0.39, 0.29) is 6.54 Å². The number of rotatable bonds is 5. The maximum atomic E-state index is 10.6. The Balaban J connectivity index is 3.71. The highest BCUT2D eigenvalue weighted by molar-refractivity contribution is 5.65. The smallest absolute Gasteiger partial charge is 0.408 e. The fourth-order valence-corrected chi connectivity index (χ4v) is 0.841. The molecule has 0 radical (unpaired) electrons. The summed E-state index contributed by atoms with van der Waals surface area (Å²) >= 11 is 0. The molecule has 0 aliphatic rings. The predicted octanol–water partition coefficient (Wildman–Crippen LogP) is 0.598. The minimum absolute atomic E-state index is 0.148. The molecule has 4 heteroatoms. The number of hydrogen-bond donors (Lipinski definition) is 2. The van der Waals surface area contributed by atoms with Crippen LogP contribution < -0.4 is 5.32 Å². The Bertz CT molecular complexity index is 196. The van der Waals surface area contributed by atoms with Crippen LogP contribution in [-0.2, 0) is 0 Å². The van der Waals surface area contributed by atoms with Crippen molar-refractivity contribution < 1.29 is 9.90 Å². The van der Waals surface area contributed by atoms with Crippen molar-refractivity contribution in [3.8, 4) is 12.3 Å². The van der Waals surface area contributed by atoms with Gasteiger partial charge in [-0.3, -0.25) is 4.90 Å². The molecule has 4 nitrogen and oxygen atoms in total. The average Bonchev–Trinajstić information content (AvgIpc) is 2.02. The van der Waals surface area contributed by atoms with E-state index in [0.29, 0.717) is 19.1 Å². The van der Waals surface area contributed by atoms with Crippen LogP contribution in [0.2, 0.25) is 0 Å². The van der Waals surface area contributed by atoms with E-state index >= 15 is 0 Å². The molecular formula is C9H16N2O2. The van der Waals surface area contributed by atoms with Gasteiger partial charge >= 0.3 is 6.09 Å². The molecule has 0 spiro atoms. The molecule has 1 amide bonds. The van der Waals surface area contributed by atoms with E-state index < -0.39 is 6.09 Å². The number of terminal acetylenes is 1. The molecule has 0 bridgehead atoms. The van der Waals surface area contributed by atoms with Crippen molar-refractivity contribution in [1.82, 2.24) is 10.2 Å². The van der Waals surface area contributed by atoms with Crippen LogP contribution in [0.5, 0.6) is 0 Å². The first-order chi connectivity index (χ1) is 6.07. The quantitative estimate of drug-likeness (QED) is 0.615. The van der Waals surface area contributed by atoms with Gasteiger partial charge in [0.1, 0.15) is 0 Å². The summed E-state index contributed by atoms with van der Waals surface area (Å²) in [6.07, 6.45) is 4.05. The molecule has 0 atom stereocenters. The second kappa shape index (κ2) is 6.32. The zero-order chi connectivity index (χ0) is 10.3. The molecule has 0 aromatic carbocycles. The summed E-state index contributed by atoms with van der Waals surface area (Å²) in [7, 11) is 0. The van der Waals surface area contributed by atoms with Crippen LogP contribution in [-0.4, -0.2) is 41.8 Å². The molecular weight excluding hydrogens is 168 g/mol. The molecule has 0 saturated heterocycles. The topological polar surface area (TPSA) is 52.6 Å². The van der Waals surface area contributed by atoms with Crippen LogP contribution >= 0.6 is 0 Å². The summed E-state index contributed by atoms with van der Waals surface area (Å²) < 4.78 is 0. The van der Waals surface area contributed by atoms with Crippen molar-refractivity contribution in [2.24, 2.45) is 0 Å². The van der Waals surface area contributed by atoms with E-state index in [0.717, 1.165) is 0 Å². The number of carbonyl (C=O) groups is 1. The minimum Gasteiger partial charge on any atom is -0.465 e. The molecule has 13 heavy (non-hydrogen) atoms. The molecule has 0 aromatic heterocycles. The Hall–Kier alpha value is -1.21. The van der Waals surface area contributed by atoms with Crippen LogP contribution in [0.15, 0.2) is 0 Å². The summed E-state index contributed by atoms with van der Waals surface area (Å²) in [5.41, 5.74) is 0. The van der Waals surface area contributed by atoms with Gasteiger partial charge in [0.25, 0.3) is 0 Å². The van der Waals surface area contributed by atoms with Gasteiger partial charge in [-0.2, -0.15) is 0 Å². The first kappa shape index (κ1) is 11.8. The normalized spacial score (nSPS) is 9.69. The first-order valence-electron chi connectivity index (χ1n) is 4.22. The maximum Gasteiger partial charge on any atom is 0.408 e. The van der Waals surface area contributed by atoms with Crippen molar-refractivity contribution >= 4 is 6.09 Å². The number of hydrogen-bond acceptors (Lipinski definition) is 2. The van der Waals surface area contributed by atoms with Crippen molar-refractivity contribution in [3.05, 3.63) is 0 Å². The predicted molar refractivity (Wildman–Crippen MR) is 51.6 cm³/mol. The van der Waals surface area contributed by atoms with Gasteiger partial charge in [-0.1, -0.05) is 19.8 Å². The van der Waals surface area contributed by atoms with Crippen molar-refractivity contribution in [2.45, 2.75) is 19.9 Å². The molecule has 0 saturated carbocycles. The first-order valence-corrected chi connectivity index (χ1v) is 4.22. The molecule has 0 aliphatic carbocycles. The standard InChI is InChI=1S/C9H16N2O2/c1-4-6-11(9(12)13)7-5-10-8(2)3/h1,8,10H,5-7H2,2-3H3,(H,12,13). The Labute approximate surface area is 78.9 Å². The van der Waals surface area contributed by atoms with E-state index in [2.05, 4.69) is 11.2 Å². The molecule has 74 valence electrons. The minimum atomic E-state index is -0.969. The van der Waals surface area contributed by atoms with Crippen LogP contribution in [0.25, 0.3) is 0 Å². The van der Waals surface area contributed by atoms with Crippen LogP contribution in [0.1, 0.15) is 13.8 Å². The third-order valence-electron chi connectivity index (χ3n) is 1.49. The third kappa shape index (κ3) is 6.00. The second-order valence-corrected chi connectivity index (χ2v) is 3.02. The third-order valence-corrected chi connectivity index (χ3v) is 1.49. The second-order valence-electron chi connectivity index (χ2n) is 3.02. The number of carboxylic acid groups (broad SMARTS) is 1. The highest BCUT2D eigenvalue weighted by atomic mass is 16.4. The fraction of sp³-hybridized carbons (Fsp3) is 0.667. The summed E-state index contributed by atoms with van der Waals surface area (Å²) in [6, 6.07) is 0.362. The zero-order valence-corrected chi connectivity index (χ0v) is 8.08. The Morgan fingerprint density at radius 2 is 2.31 bits per heavy atom. The highest BCUT2D eigenvalue weighted by Gasteiger charge is 2.08. The van der Waals surface area contributed by atoms with Crippen molar-refractivity contribution in [1.29, 1.82) is 0 Å². The van der Waals surface area contributed by atoms with Gasteiger partial charge in [0.15, 0.2) is 0 Å². The van der Waals surface area contributed by atoms with Gasteiger partial charge in [-0.15, -0.1) is 6.42 Å². The fourth-order valence-electron chi connectivity index (χ4n) is 0.841. The summed E-state index contributed by atoms with van der Waals surface area (Å²) in [4.78, 5) is 11.8. The summed E-state index contributed by atoms with van der Waals surface area (Å²) in [5.74, 6) is 2.30. The van der Waals surface area contributed by atoms with Gasteiger partial charge in [0, 0.05) is 19.1 Å². The summed E-state index contributed by atoms with van der Waals surface area (Å²) in [6.45, 7) is 5.22. The lowest BCUT2D eigenvalue weighted by Crippen LogP contribution is -2.38. The monoisotopic (exact) mass is 184 g/mol. The number of nitrogens with one attached hydrogen (secondary N) is 1. The Kier molecular flexibility index (Phi) is 5.73. The van der Waals surface area contributed by atoms with Gasteiger partial charge in [0.05, 0.1) is 6.54 Å². The lowest BCUT2D eigenvalue weighted by Gasteiger charge is -2.17. The molecule has 2 N–H and O–H groups in total. The molecule has 0 rings (SSSR count). The Morgan fingerprint density at radius 1 is 1.69 bits per heavy atom. The summed E-state index contributed by atoms with van der Waals surface area (Å²) in [5, 5.41) is 11.8. The van der Waals surface area contributed by atoms with E-state index in [1.807, 2.05) is 13.8 Å². The number of amides is 1. The number of nitrogens with zero attached hydrogens (tertiary/aromatic N) is 1. The lowest BCUT2D eigenvalue weighted by atomic mass is 10.4. The van der Waals surface area contributed by atoms with Crippen LogP contribution in [0.3, 0.4) is 0 Å².